The maximum absolute atomic E-state index is 10.3. The second-order valence-electron chi connectivity index (χ2n) is 1.06. The molecule has 0 saturated heterocycles. The van der Waals surface area contributed by atoms with Crippen LogP contribution in [-0.2, 0) is 0 Å². The van der Waals surface area contributed by atoms with Gasteiger partial charge in [-0.2, -0.15) is 0 Å². The van der Waals surface area contributed by atoms with Crippen LogP contribution < -0.4 is 0 Å². The Bertz CT molecular complexity index is 46.3. The van der Waals surface area contributed by atoms with Gasteiger partial charge in [0.1, 0.15) is 4.84 Å². The maximum Gasteiger partial charge on any atom is 0.235 e. The van der Waals surface area contributed by atoms with Gasteiger partial charge in [0, 0.05) is 0 Å². The minimum atomic E-state index is -2.17. The summed E-state index contributed by atoms with van der Waals surface area (Å²) in [4.78, 5) is -0.406. The Morgan fingerprint density at radius 2 is 1.44 bits per heavy atom. The standard InChI is InChI=1S/C2H3Cl3.C2H4F2/c3-1-2(4)5;1-2(3)4/h2H,1H2;2H,1H3. The third-order valence-electron chi connectivity index (χ3n) is 0.117. The van der Waals surface area contributed by atoms with E-state index in [4.69, 9.17) is 34.8 Å². The minimum Gasteiger partial charge on any atom is -0.211 e. The highest BCUT2D eigenvalue weighted by Crippen LogP contribution is 2.01. The maximum atomic E-state index is 10.3. The predicted molar refractivity (Wildman–Crippen MR) is 37.9 cm³/mol. The summed E-state index contributed by atoms with van der Waals surface area (Å²) in [5.41, 5.74) is 0. The molecule has 0 aliphatic rings. The zero-order valence-corrected chi connectivity index (χ0v) is 7.02. The first kappa shape index (κ1) is 12.4. The summed E-state index contributed by atoms with van der Waals surface area (Å²) in [6.07, 6.45) is -2.17. The first-order valence-corrected chi connectivity index (χ1v) is 3.53. The van der Waals surface area contributed by atoms with Gasteiger partial charge in [0.15, 0.2) is 0 Å². The fourth-order valence-electron chi connectivity index (χ4n) is 0. The van der Waals surface area contributed by atoms with Crippen LogP contribution in [0.3, 0.4) is 0 Å². The molecular formula is C4H7Cl3F2. The van der Waals surface area contributed by atoms with Crippen LogP contribution in [0.2, 0.25) is 0 Å². The predicted octanol–water partition coefficient (Wildman–Crippen LogP) is 3.30. The molecule has 58 valence electrons. The van der Waals surface area contributed by atoms with E-state index in [0.717, 1.165) is 6.92 Å². The molecule has 0 aromatic heterocycles. The van der Waals surface area contributed by atoms with Crippen LogP contribution in [0.25, 0.3) is 0 Å². The van der Waals surface area contributed by atoms with Crippen molar-refractivity contribution in [2.75, 3.05) is 5.88 Å². The van der Waals surface area contributed by atoms with E-state index in [9.17, 15) is 8.78 Å². The van der Waals surface area contributed by atoms with Crippen LogP contribution in [0.15, 0.2) is 0 Å². The molecule has 0 nitrogen and oxygen atoms in total. The molecule has 0 bridgehead atoms. The van der Waals surface area contributed by atoms with E-state index in [1.54, 1.807) is 0 Å². The van der Waals surface area contributed by atoms with Crippen molar-refractivity contribution < 1.29 is 8.78 Å². The van der Waals surface area contributed by atoms with Gasteiger partial charge in [0.05, 0.1) is 5.88 Å². The topological polar surface area (TPSA) is 0 Å². The second kappa shape index (κ2) is 8.73. The van der Waals surface area contributed by atoms with Gasteiger partial charge >= 0.3 is 0 Å². The lowest BCUT2D eigenvalue weighted by atomic mass is 10.9. The molecule has 0 spiro atoms. The summed E-state index contributed by atoms with van der Waals surface area (Å²) in [6, 6.07) is 0. The van der Waals surface area contributed by atoms with Gasteiger partial charge < -0.3 is 0 Å². The Kier molecular flexibility index (Phi) is 12.0. The van der Waals surface area contributed by atoms with Crippen molar-refractivity contribution in [2.45, 2.75) is 18.2 Å². The van der Waals surface area contributed by atoms with E-state index in [1.165, 1.54) is 0 Å². The molecule has 0 N–H and O–H groups in total. The van der Waals surface area contributed by atoms with E-state index in [-0.39, 0.29) is 0 Å². The molecule has 0 saturated carbocycles. The fourth-order valence-corrected chi connectivity index (χ4v) is 0. The molecule has 0 heterocycles. The summed E-state index contributed by atoms with van der Waals surface area (Å²) in [6.45, 7) is 0.833. The average molecular weight is 199 g/mol. The van der Waals surface area contributed by atoms with Crippen LogP contribution in [0.4, 0.5) is 8.78 Å². The summed E-state index contributed by atoms with van der Waals surface area (Å²) in [5, 5.41) is 0. The van der Waals surface area contributed by atoms with Gasteiger partial charge in [-0.05, 0) is 6.92 Å². The molecule has 9 heavy (non-hydrogen) atoms. The fraction of sp³-hybridized carbons (Fsp3) is 1.00. The molecule has 0 radical (unpaired) electrons. The molecule has 0 unspecified atom stereocenters. The van der Waals surface area contributed by atoms with Crippen molar-refractivity contribution in [3.05, 3.63) is 0 Å². The Morgan fingerprint density at radius 1 is 1.33 bits per heavy atom. The molecule has 0 aliphatic carbocycles. The zero-order chi connectivity index (χ0) is 7.86. The first-order chi connectivity index (χ1) is 4.00. The Morgan fingerprint density at radius 3 is 1.44 bits per heavy atom. The third-order valence-corrected chi connectivity index (χ3v) is 1.05. The Balaban J connectivity index is 0. The van der Waals surface area contributed by atoms with Gasteiger partial charge in [-0.15, -0.1) is 34.8 Å². The van der Waals surface area contributed by atoms with Gasteiger partial charge in [-0.25, -0.2) is 8.78 Å². The molecule has 0 aliphatic heterocycles. The monoisotopic (exact) mass is 198 g/mol. The summed E-state index contributed by atoms with van der Waals surface area (Å²) < 4.78 is 20.7. The van der Waals surface area contributed by atoms with Crippen molar-refractivity contribution in [3.63, 3.8) is 0 Å². The molecule has 5 heteroatoms. The number of hydrogen-bond acceptors (Lipinski definition) is 0. The SMILES string of the molecule is CC(F)F.ClCC(Cl)Cl. The van der Waals surface area contributed by atoms with Gasteiger partial charge in [-0.1, -0.05) is 0 Å². The van der Waals surface area contributed by atoms with Gasteiger partial charge in [-0.3, -0.25) is 0 Å². The molecule has 0 fully saturated rings. The van der Waals surface area contributed by atoms with Gasteiger partial charge in [0.25, 0.3) is 0 Å². The minimum absolute atomic E-state index is 0.309. The van der Waals surface area contributed by atoms with Crippen LogP contribution in [0.5, 0.6) is 0 Å². The highest BCUT2D eigenvalue weighted by Gasteiger charge is 1.88. The highest BCUT2D eigenvalue weighted by molar-refractivity contribution is 6.47. The Labute approximate surface area is 68.1 Å². The zero-order valence-electron chi connectivity index (χ0n) is 4.75. The lowest BCUT2D eigenvalue weighted by Gasteiger charge is -1.82. The number of halogens is 5. The lowest BCUT2D eigenvalue weighted by Crippen LogP contribution is -1.82. The number of alkyl halides is 5. The molecular weight excluding hydrogens is 192 g/mol. The largest absolute Gasteiger partial charge is 0.235 e. The molecule has 0 amide bonds. The van der Waals surface area contributed by atoms with E-state index in [1.807, 2.05) is 0 Å². The first-order valence-electron chi connectivity index (χ1n) is 2.13. The van der Waals surface area contributed by atoms with E-state index >= 15 is 0 Å². The summed E-state index contributed by atoms with van der Waals surface area (Å²) in [5.74, 6) is 0.309. The normalized spacial score (nSPS) is 9.33. The number of rotatable bonds is 1. The molecule has 0 rings (SSSR count). The van der Waals surface area contributed by atoms with E-state index < -0.39 is 11.3 Å². The quantitative estimate of drug-likeness (QED) is 0.569. The van der Waals surface area contributed by atoms with Gasteiger partial charge in [0.2, 0.25) is 6.43 Å². The van der Waals surface area contributed by atoms with Crippen molar-refractivity contribution in [1.82, 2.24) is 0 Å². The lowest BCUT2D eigenvalue weighted by molar-refractivity contribution is 0.171. The number of hydrogen-bond donors (Lipinski definition) is 0. The highest BCUT2D eigenvalue weighted by atomic mass is 35.5. The third kappa shape index (κ3) is 53.1. The van der Waals surface area contributed by atoms with Crippen molar-refractivity contribution in [2.24, 2.45) is 0 Å². The van der Waals surface area contributed by atoms with Crippen molar-refractivity contribution in [3.8, 4) is 0 Å². The van der Waals surface area contributed by atoms with Crippen LogP contribution >= 0.6 is 34.8 Å². The van der Waals surface area contributed by atoms with Crippen molar-refractivity contribution >= 4 is 34.8 Å². The summed E-state index contributed by atoms with van der Waals surface area (Å²) in [7, 11) is 0. The second-order valence-corrected chi connectivity index (χ2v) is 2.65. The van der Waals surface area contributed by atoms with E-state index in [2.05, 4.69) is 0 Å². The molecule has 0 atom stereocenters. The van der Waals surface area contributed by atoms with Crippen LogP contribution in [0.1, 0.15) is 6.92 Å². The van der Waals surface area contributed by atoms with Crippen molar-refractivity contribution in [1.29, 1.82) is 0 Å². The summed E-state index contributed by atoms with van der Waals surface area (Å²) >= 11 is 15.3. The van der Waals surface area contributed by atoms with E-state index in [0.29, 0.717) is 5.88 Å². The average Bonchev–Trinajstić information content (AvgIpc) is 1.65. The van der Waals surface area contributed by atoms with Crippen LogP contribution in [-0.4, -0.2) is 17.1 Å². The Hall–Kier alpha value is 0.730. The molecule has 0 aromatic carbocycles. The van der Waals surface area contributed by atoms with Crippen LogP contribution in [0, 0.1) is 0 Å². The molecule has 0 aromatic rings. The smallest absolute Gasteiger partial charge is 0.211 e.